The van der Waals surface area contributed by atoms with Gasteiger partial charge in [-0.1, -0.05) is 27.2 Å². The Morgan fingerprint density at radius 3 is 2.64 bits per heavy atom. The monoisotopic (exact) mass is 313 g/mol. The SMILES string of the molecule is CCCCOC(=O)/C=C/NC(=O)[C@@H]1OC(C)(C)OCC1(C)C. The molecule has 6 heteroatoms. The van der Waals surface area contributed by atoms with Crippen molar-refractivity contribution in [2.75, 3.05) is 13.2 Å². The molecule has 1 atom stereocenters. The van der Waals surface area contributed by atoms with Gasteiger partial charge in [-0.2, -0.15) is 0 Å². The van der Waals surface area contributed by atoms with Crippen molar-refractivity contribution < 1.29 is 23.8 Å². The molecule has 1 N–H and O–H groups in total. The highest BCUT2D eigenvalue weighted by Gasteiger charge is 2.45. The third kappa shape index (κ3) is 5.77. The van der Waals surface area contributed by atoms with Gasteiger partial charge in [-0.3, -0.25) is 4.79 Å². The van der Waals surface area contributed by atoms with Crippen LogP contribution in [0.2, 0.25) is 0 Å². The predicted octanol–water partition coefficient (Wildman–Crippen LogP) is 2.14. The van der Waals surface area contributed by atoms with Gasteiger partial charge in [0.2, 0.25) is 0 Å². The Morgan fingerprint density at radius 1 is 1.32 bits per heavy atom. The highest BCUT2D eigenvalue weighted by atomic mass is 16.7. The van der Waals surface area contributed by atoms with Crippen LogP contribution in [0.3, 0.4) is 0 Å². The lowest BCUT2D eigenvalue weighted by atomic mass is 9.85. The van der Waals surface area contributed by atoms with Gasteiger partial charge in [-0.15, -0.1) is 0 Å². The third-order valence-electron chi connectivity index (χ3n) is 3.33. The summed E-state index contributed by atoms with van der Waals surface area (Å²) < 4.78 is 16.2. The molecule has 0 bridgehead atoms. The number of nitrogens with one attached hydrogen (secondary N) is 1. The van der Waals surface area contributed by atoms with E-state index in [1.54, 1.807) is 13.8 Å². The average Bonchev–Trinajstić information content (AvgIpc) is 2.42. The molecule has 126 valence electrons. The summed E-state index contributed by atoms with van der Waals surface area (Å²) >= 11 is 0. The number of unbranched alkanes of at least 4 members (excludes halogenated alkanes) is 1. The largest absolute Gasteiger partial charge is 0.462 e. The van der Waals surface area contributed by atoms with E-state index in [9.17, 15) is 9.59 Å². The van der Waals surface area contributed by atoms with Crippen LogP contribution in [-0.2, 0) is 23.8 Å². The summed E-state index contributed by atoms with van der Waals surface area (Å²) in [7, 11) is 0. The van der Waals surface area contributed by atoms with Gasteiger partial charge in [0.15, 0.2) is 5.79 Å². The van der Waals surface area contributed by atoms with E-state index in [-0.39, 0.29) is 5.91 Å². The van der Waals surface area contributed by atoms with Crippen LogP contribution in [0.1, 0.15) is 47.5 Å². The van der Waals surface area contributed by atoms with Gasteiger partial charge < -0.3 is 19.5 Å². The van der Waals surface area contributed by atoms with Crippen LogP contribution in [0.4, 0.5) is 0 Å². The van der Waals surface area contributed by atoms with Crippen LogP contribution in [0.25, 0.3) is 0 Å². The van der Waals surface area contributed by atoms with Crippen LogP contribution in [0, 0.1) is 5.41 Å². The summed E-state index contributed by atoms with van der Waals surface area (Å²) in [6.45, 7) is 10.1. The average molecular weight is 313 g/mol. The molecule has 0 spiro atoms. The zero-order valence-electron chi connectivity index (χ0n) is 14.1. The van der Waals surface area contributed by atoms with Gasteiger partial charge in [0, 0.05) is 17.7 Å². The van der Waals surface area contributed by atoms with Crippen LogP contribution in [0.5, 0.6) is 0 Å². The minimum absolute atomic E-state index is 0.306. The fourth-order valence-corrected chi connectivity index (χ4v) is 1.95. The smallest absolute Gasteiger partial charge is 0.332 e. The molecule has 1 rings (SSSR count). The summed E-state index contributed by atoms with van der Waals surface area (Å²) in [6.07, 6.45) is 3.62. The lowest BCUT2D eigenvalue weighted by molar-refractivity contribution is -0.303. The Balaban J connectivity index is 2.51. The molecule has 22 heavy (non-hydrogen) atoms. The molecule has 1 amide bonds. The minimum atomic E-state index is -0.805. The van der Waals surface area contributed by atoms with Crippen molar-refractivity contribution in [3.63, 3.8) is 0 Å². The van der Waals surface area contributed by atoms with Crippen molar-refractivity contribution in [3.05, 3.63) is 12.3 Å². The van der Waals surface area contributed by atoms with Crippen molar-refractivity contribution in [2.24, 2.45) is 5.41 Å². The maximum Gasteiger partial charge on any atom is 0.332 e. The van der Waals surface area contributed by atoms with E-state index in [2.05, 4.69) is 5.32 Å². The van der Waals surface area contributed by atoms with E-state index in [0.717, 1.165) is 12.8 Å². The zero-order chi connectivity index (χ0) is 16.8. The first-order valence-electron chi connectivity index (χ1n) is 7.63. The number of hydrogen-bond acceptors (Lipinski definition) is 5. The maximum absolute atomic E-state index is 12.2. The summed E-state index contributed by atoms with van der Waals surface area (Å²) in [4.78, 5) is 23.6. The lowest BCUT2D eigenvalue weighted by Gasteiger charge is -2.44. The second-order valence-corrected chi connectivity index (χ2v) is 6.54. The third-order valence-corrected chi connectivity index (χ3v) is 3.33. The van der Waals surface area contributed by atoms with Gasteiger partial charge in [0.1, 0.15) is 6.10 Å². The standard InChI is InChI=1S/C16H27NO5/c1-6-7-10-20-12(18)8-9-17-14(19)13-15(2,3)11-21-16(4,5)22-13/h8-9,13H,6-7,10-11H2,1-5H3,(H,17,19)/b9-8+/t13-/m0/s1. The zero-order valence-corrected chi connectivity index (χ0v) is 14.1. The first-order valence-corrected chi connectivity index (χ1v) is 7.63. The molecule has 0 saturated carbocycles. The van der Waals surface area contributed by atoms with E-state index in [0.29, 0.717) is 13.2 Å². The Hall–Kier alpha value is -1.40. The number of esters is 1. The molecular weight excluding hydrogens is 286 g/mol. The number of hydrogen-bond donors (Lipinski definition) is 1. The van der Waals surface area contributed by atoms with Crippen molar-refractivity contribution in [2.45, 2.75) is 59.4 Å². The molecule has 0 aromatic carbocycles. The number of rotatable bonds is 6. The van der Waals surface area contributed by atoms with Crippen molar-refractivity contribution in [1.82, 2.24) is 5.32 Å². The molecule has 6 nitrogen and oxygen atoms in total. The second kappa shape index (κ2) is 7.74. The van der Waals surface area contributed by atoms with Gasteiger partial charge >= 0.3 is 5.97 Å². The van der Waals surface area contributed by atoms with Gasteiger partial charge in [0.25, 0.3) is 5.91 Å². The molecule has 1 fully saturated rings. The Morgan fingerprint density at radius 2 is 2.00 bits per heavy atom. The van der Waals surface area contributed by atoms with E-state index < -0.39 is 23.3 Å². The number of carbonyl (C=O) groups is 2. The summed E-state index contributed by atoms with van der Waals surface area (Å²) in [5.41, 5.74) is -0.449. The highest BCUT2D eigenvalue weighted by Crippen LogP contribution is 2.34. The Bertz CT molecular complexity index is 428. The molecule has 1 aliphatic heterocycles. The minimum Gasteiger partial charge on any atom is -0.462 e. The predicted molar refractivity (Wildman–Crippen MR) is 81.8 cm³/mol. The number of amides is 1. The van der Waals surface area contributed by atoms with Crippen LogP contribution < -0.4 is 5.32 Å². The molecule has 1 heterocycles. The molecule has 0 aromatic rings. The first-order chi connectivity index (χ1) is 10.2. The van der Waals surface area contributed by atoms with Crippen LogP contribution >= 0.6 is 0 Å². The molecule has 0 radical (unpaired) electrons. The van der Waals surface area contributed by atoms with E-state index in [1.807, 2.05) is 20.8 Å². The quantitative estimate of drug-likeness (QED) is 0.462. The van der Waals surface area contributed by atoms with Crippen molar-refractivity contribution in [3.8, 4) is 0 Å². The normalized spacial score (nSPS) is 23.2. The van der Waals surface area contributed by atoms with E-state index >= 15 is 0 Å². The molecule has 0 aliphatic carbocycles. The Labute approximate surface area is 132 Å². The molecule has 0 aromatic heterocycles. The van der Waals surface area contributed by atoms with Crippen molar-refractivity contribution in [1.29, 1.82) is 0 Å². The first kappa shape index (κ1) is 18.6. The van der Waals surface area contributed by atoms with E-state index in [1.165, 1.54) is 12.3 Å². The summed E-state index contributed by atoms with van der Waals surface area (Å²) in [6, 6.07) is 0. The second-order valence-electron chi connectivity index (χ2n) is 6.54. The van der Waals surface area contributed by atoms with Gasteiger partial charge in [-0.05, 0) is 20.3 Å². The van der Waals surface area contributed by atoms with E-state index in [4.69, 9.17) is 14.2 Å². The fourth-order valence-electron chi connectivity index (χ4n) is 1.95. The van der Waals surface area contributed by atoms with Gasteiger partial charge in [-0.25, -0.2) is 4.79 Å². The van der Waals surface area contributed by atoms with Gasteiger partial charge in [0.05, 0.1) is 13.2 Å². The molecule has 0 unspecified atom stereocenters. The van der Waals surface area contributed by atoms with Crippen LogP contribution in [-0.4, -0.2) is 37.0 Å². The molecular formula is C16H27NO5. The van der Waals surface area contributed by atoms with Crippen molar-refractivity contribution >= 4 is 11.9 Å². The lowest BCUT2D eigenvalue weighted by Crippen LogP contribution is -2.55. The Kier molecular flexibility index (Phi) is 6.56. The number of ether oxygens (including phenoxy) is 3. The topological polar surface area (TPSA) is 73.9 Å². The number of carbonyl (C=O) groups excluding carboxylic acids is 2. The fraction of sp³-hybridized carbons (Fsp3) is 0.750. The molecule has 1 aliphatic rings. The maximum atomic E-state index is 12.2. The molecule has 1 saturated heterocycles. The highest BCUT2D eigenvalue weighted by molar-refractivity contribution is 5.85. The van der Waals surface area contributed by atoms with Crippen LogP contribution in [0.15, 0.2) is 12.3 Å². The summed E-state index contributed by atoms with van der Waals surface area (Å²) in [5, 5.41) is 2.57. The summed E-state index contributed by atoms with van der Waals surface area (Å²) in [5.74, 6) is -1.58.